The van der Waals surface area contributed by atoms with E-state index in [2.05, 4.69) is 34.2 Å². The summed E-state index contributed by atoms with van der Waals surface area (Å²) in [7, 11) is 1.92. The first-order valence-electron chi connectivity index (χ1n) is 8.96. The van der Waals surface area contributed by atoms with Gasteiger partial charge in [-0.25, -0.2) is 4.79 Å². The number of aromatic nitrogens is 2. The summed E-state index contributed by atoms with van der Waals surface area (Å²) in [6, 6.07) is 19.4. The van der Waals surface area contributed by atoms with Gasteiger partial charge in [0.1, 0.15) is 0 Å². The minimum absolute atomic E-state index is 0.135. The van der Waals surface area contributed by atoms with Crippen molar-refractivity contribution < 1.29 is 9.53 Å². The van der Waals surface area contributed by atoms with Crippen molar-refractivity contribution >= 4 is 5.97 Å². The Morgan fingerprint density at radius 1 is 1.00 bits per heavy atom. The zero-order chi connectivity index (χ0) is 19.1. The fourth-order valence-corrected chi connectivity index (χ4v) is 3.25. The molecule has 138 valence electrons. The van der Waals surface area contributed by atoms with Gasteiger partial charge in [-0.2, -0.15) is 0 Å². The number of hydrogen-bond acceptors (Lipinski definition) is 5. The fraction of sp³-hybridized carbons (Fsp3) is 0.227. The van der Waals surface area contributed by atoms with E-state index in [0.717, 1.165) is 11.1 Å². The van der Waals surface area contributed by atoms with Crippen molar-refractivity contribution in [2.45, 2.75) is 19.0 Å². The molecule has 2 aromatic carbocycles. The molecular weight excluding hydrogens is 338 g/mol. The molecule has 5 nitrogen and oxygen atoms in total. The molecule has 3 aromatic rings. The third kappa shape index (κ3) is 4.38. The van der Waals surface area contributed by atoms with E-state index in [1.807, 2.05) is 48.3 Å². The van der Waals surface area contributed by atoms with E-state index in [-0.39, 0.29) is 12.0 Å². The lowest BCUT2D eigenvalue weighted by molar-refractivity contribution is -0.150. The van der Waals surface area contributed by atoms with Gasteiger partial charge in [0.25, 0.3) is 0 Å². The summed E-state index contributed by atoms with van der Waals surface area (Å²) in [5.41, 5.74) is 2.74. The molecule has 0 aliphatic carbocycles. The van der Waals surface area contributed by atoms with Crippen LogP contribution in [0.25, 0.3) is 0 Å². The number of carbonyl (C=O) groups excluding carboxylic acids is 1. The standard InChI is InChI=1S/C22H23N3O2/c1-3-27-22(26)21(19-16-23-14-15-24-19)25(2)20(17-10-6-4-7-11-17)18-12-8-5-9-13-18/h4-16,20-21H,3H2,1-2H3. The number of esters is 1. The van der Waals surface area contributed by atoms with Crippen LogP contribution in [0.4, 0.5) is 0 Å². The number of hydrogen-bond donors (Lipinski definition) is 0. The first-order chi connectivity index (χ1) is 13.2. The monoisotopic (exact) mass is 361 g/mol. The van der Waals surface area contributed by atoms with Crippen LogP contribution in [-0.4, -0.2) is 34.5 Å². The van der Waals surface area contributed by atoms with Gasteiger partial charge in [-0.15, -0.1) is 0 Å². The number of ether oxygens (including phenoxy) is 1. The van der Waals surface area contributed by atoms with Crippen LogP contribution in [0.5, 0.6) is 0 Å². The van der Waals surface area contributed by atoms with Crippen LogP contribution in [0.1, 0.15) is 35.8 Å². The van der Waals surface area contributed by atoms with Gasteiger partial charge < -0.3 is 4.74 Å². The molecule has 0 spiro atoms. The van der Waals surface area contributed by atoms with Crippen molar-refractivity contribution in [2.75, 3.05) is 13.7 Å². The average molecular weight is 361 g/mol. The molecule has 0 radical (unpaired) electrons. The fourth-order valence-electron chi connectivity index (χ4n) is 3.25. The van der Waals surface area contributed by atoms with Crippen molar-refractivity contribution in [3.05, 3.63) is 96.1 Å². The number of likely N-dealkylation sites (N-methyl/N-ethyl adjacent to an activating group) is 1. The molecular formula is C22H23N3O2. The smallest absolute Gasteiger partial charge is 0.329 e. The van der Waals surface area contributed by atoms with Crippen molar-refractivity contribution in [3.63, 3.8) is 0 Å². The summed E-state index contributed by atoms with van der Waals surface area (Å²) in [5.74, 6) is -0.336. The molecule has 1 atom stereocenters. The van der Waals surface area contributed by atoms with E-state index >= 15 is 0 Å². The third-order valence-electron chi connectivity index (χ3n) is 4.42. The quantitative estimate of drug-likeness (QED) is 0.599. The molecule has 1 unspecified atom stereocenters. The van der Waals surface area contributed by atoms with E-state index in [9.17, 15) is 4.79 Å². The Kier molecular flexibility index (Phi) is 6.28. The van der Waals surface area contributed by atoms with Crippen LogP contribution in [0.15, 0.2) is 79.3 Å². The highest BCUT2D eigenvalue weighted by molar-refractivity contribution is 5.77. The zero-order valence-electron chi connectivity index (χ0n) is 15.5. The molecule has 0 saturated carbocycles. The summed E-state index contributed by atoms with van der Waals surface area (Å²) in [6.45, 7) is 2.11. The maximum atomic E-state index is 12.8. The highest BCUT2D eigenvalue weighted by Crippen LogP contribution is 2.34. The van der Waals surface area contributed by atoms with Crippen molar-refractivity contribution in [2.24, 2.45) is 0 Å². The number of carbonyl (C=O) groups is 1. The minimum Gasteiger partial charge on any atom is -0.465 e. The second-order valence-electron chi connectivity index (χ2n) is 6.17. The summed E-state index contributed by atoms with van der Waals surface area (Å²) >= 11 is 0. The molecule has 1 aromatic heterocycles. The molecule has 0 aliphatic rings. The molecule has 0 N–H and O–H groups in total. The molecule has 3 rings (SSSR count). The maximum absolute atomic E-state index is 12.8. The molecule has 5 heteroatoms. The lowest BCUT2D eigenvalue weighted by atomic mass is 9.95. The third-order valence-corrected chi connectivity index (χ3v) is 4.42. The van der Waals surface area contributed by atoms with Gasteiger partial charge in [0.2, 0.25) is 0 Å². The average Bonchev–Trinajstić information content (AvgIpc) is 2.71. The van der Waals surface area contributed by atoms with E-state index in [0.29, 0.717) is 12.3 Å². The van der Waals surface area contributed by atoms with Crippen LogP contribution in [0, 0.1) is 0 Å². The van der Waals surface area contributed by atoms with Crippen molar-refractivity contribution in [1.29, 1.82) is 0 Å². The molecule has 27 heavy (non-hydrogen) atoms. The Hall–Kier alpha value is -3.05. The minimum atomic E-state index is -0.663. The predicted octanol–water partition coefficient (Wildman–Crippen LogP) is 3.80. The van der Waals surface area contributed by atoms with Gasteiger partial charge in [-0.3, -0.25) is 14.9 Å². The van der Waals surface area contributed by atoms with Gasteiger partial charge in [-0.1, -0.05) is 60.7 Å². The normalized spacial score (nSPS) is 12.1. The van der Waals surface area contributed by atoms with Gasteiger partial charge in [0.05, 0.1) is 24.5 Å². The van der Waals surface area contributed by atoms with Crippen LogP contribution < -0.4 is 0 Å². The van der Waals surface area contributed by atoms with E-state index in [1.165, 1.54) is 0 Å². The Morgan fingerprint density at radius 3 is 2.07 bits per heavy atom. The zero-order valence-corrected chi connectivity index (χ0v) is 15.5. The van der Waals surface area contributed by atoms with Gasteiger partial charge >= 0.3 is 5.97 Å². The summed E-state index contributed by atoms with van der Waals surface area (Å²) in [6.07, 6.45) is 4.80. The first kappa shape index (κ1) is 18.7. The van der Waals surface area contributed by atoms with Gasteiger partial charge in [0, 0.05) is 12.4 Å². The summed E-state index contributed by atoms with van der Waals surface area (Å²) in [4.78, 5) is 23.3. The van der Waals surface area contributed by atoms with E-state index in [1.54, 1.807) is 25.5 Å². The van der Waals surface area contributed by atoms with Crippen LogP contribution in [0.3, 0.4) is 0 Å². The van der Waals surface area contributed by atoms with Crippen LogP contribution in [-0.2, 0) is 9.53 Å². The van der Waals surface area contributed by atoms with Crippen molar-refractivity contribution in [3.8, 4) is 0 Å². The summed E-state index contributed by atoms with van der Waals surface area (Å²) < 4.78 is 5.35. The molecule has 0 bridgehead atoms. The largest absolute Gasteiger partial charge is 0.465 e. The summed E-state index contributed by atoms with van der Waals surface area (Å²) in [5, 5.41) is 0. The highest BCUT2D eigenvalue weighted by Gasteiger charge is 2.34. The van der Waals surface area contributed by atoms with E-state index in [4.69, 9.17) is 4.74 Å². The number of rotatable bonds is 7. The second kappa shape index (κ2) is 9.05. The Bertz CT molecular complexity index is 802. The van der Waals surface area contributed by atoms with Crippen molar-refractivity contribution in [1.82, 2.24) is 14.9 Å². The van der Waals surface area contributed by atoms with Crippen LogP contribution >= 0.6 is 0 Å². The molecule has 0 fully saturated rings. The number of benzene rings is 2. The second-order valence-corrected chi connectivity index (χ2v) is 6.17. The SMILES string of the molecule is CCOC(=O)C(c1cnccn1)N(C)C(c1ccccc1)c1ccccc1. The highest BCUT2D eigenvalue weighted by atomic mass is 16.5. The number of nitrogens with zero attached hydrogens (tertiary/aromatic N) is 3. The maximum Gasteiger partial charge on any atom is 0.329 e. The lowest BCUT2D eigenvalue weighted by Crippen LogP contribution is -2.36. The van der Waals surface area contributed by atoms with Crippen LogP contribution in [0.2, 0.25) is 0 Å². The van der Waals surface area contributed by atoms with Gasteiger partial charge in [-0.05, 0) is 25.1 Å². The molecule has 0 aliphatic heterocycles. The lowest BCUT2D eigenvalue weighted by Gasteiger charge is -2.34. The Labute approximate surface area is 159 Å². The Morgan fingerprint density at radius 2 is 1.59 bits per heavy atom. The first-order valence-corrected chi connectivity index (χ1v) is 8.96. The Balaban J connectivity index is 2.07. The predicted molar refractivity (Wildman–Crippen MR) is 104 cm³/mol. The molecule has 0 amide bonds. The molecule has 1 heterocycles. The topological polar surface area (TPSA) is 55.3 Å². The van der Waals surface area contributed by atoms with Gasteiger partial charge in [0.15, 0.2) is 6.04 Å². The van der Waals surface area contributed by atoms with E-state index < -0.39 is 6.04 Å². The molecule has 0 saturated heterocycles.